The molecule has 0 aliphatic carbocycles. The second-order valence-corrected chi connectivity index (χ2v) is 6.98. The van der Waals surface area contributed by atoms with Crippen LogP contribution < -0.4 is 10.1 Å². The molecule has 1 aromatic carbocycles. The van der Waals surface area contributed by atoms with Gasteiger partial charge in [-0.3, -0.25) is 0 Å². The summed E-state index contributed by atoms with van der Waals surface area (Å²) in [6.07, 6.45) is 3.39. The van der Waals surface area contributed by atoms with Crippen LogP contribution in [0.5, 0.6) is 5.75 Å². The molecule has 0 amide bonds. The van der Waals surface area contributed by atoms with Crippen LogP contribution in [0, 0.1) is 0 Å². The summed E-state index contributed by atoms with van der Waals surface area (Å²) in [5, 5.41) is 4.13. The van der Waals surface area contributed by atoms with E-state index < -0.39 is 0 Å². The van der Waals surface area contributed by atoms with E-state index in [1.54, 1.807) is 0 Å². The van der Waals surface area contributed by atoms with Crippen LogP contribution in [0.3, 0.4) is 0 Å². The molecule has 4 heteroatoms. The molecular weight excluding hydrogens is 326 g/mol. The maximum atomic E-state index is 6.08. The molecule has 0 unspecified atom stereocenters. The van der Waals surface area contributed by atoms with Gasteiger partial charge in [0, 0.05) is 10.0 Å². The van der Waals surface area contributed by atoms with Gasteiger partial charge in [-0.05, 0) is 64.8 Å². The monoisotopic (exact) mass is 347 g/mol. The van der Waals surface area contributed by atoms with Gasteiger partial charge >= 0.3 is 0 Å². The largest absolute Gasteiger partial charge is 0.492 e. The van der Waals surface area contributed by atoms with Gasteiger partial charge in [0.15, 0.2) is 0 Å². The van der Waals surface area contributed by atoms with E-state index in [4.69, 9.17) is 16.3 Å². The van der Waals surface area contributed by atoms with Crippen molar-refractivity contribution in [1.82, 2.24) is 5.32 Å². The fourth-order valence-electron chi connectivity index (χ4n) is 1.64. The summed E-state index contributed by atoms with van der Waals surface area (Å²) >= 11 is 9.45. The maximum Gasteiger partial charge on any atom is 0.137 e. The number of hydrogen-bond acceptors (Lipinski definition) is 2. The van der Waals surface area contributed by atoms with Gasteiger partial charge in [-0.15, -0.1) is 0 Å². The first-order valence-corrected chi connectivity index (χ1v) is 7.88. The van der Waals surface area contributed by atoms with E-state index in [-0.39, 0.29) is 5.54 Å². The summed E-state index contributed by atoms with van der Waals surface area (Å²) in [5.41, 5.74) is 0.210. The number of nitrogens with one attached hydrogen (secondary N) is 1. The molecule has 0 saturated carbocycles. The first kappa shape index (κ1) is 16.8. The topological polar surface area (TPSA) is 21.3 Å². The Labute approximate surface area is 130 Å². The highest BCUT2D eigenvalue weighted by atomic mass is 79.9. The molecule has 0 bridgehead atoms. The van der Waals surface area contributed by atoms with Crippen LogP contribution >= 0.6 is 27.5 Å². The Morgan fingerprint density at radius 2 is 1.95 bits per heavy atom. The van der Waals surface area contributed by atoms with Crippen molar-refractivity contribution >= 4 is 27.5 Å². The Kier molecular flexibility index (Phi) is 7.19. The average Bonchev–Trinajstić information content (AvgIpc) is 2.29. The van der Waals surface area contributed by atoms with E-state index in [0.717, 1.165) is 36.2 Å². The zero-order valence-corrected chi connectivity index (χ0v) is 14.3. The maximum absolute atomic E-state index is 6.08. The summed E-state index contributed by atoms with van der Waals surface area (Å²) in [7, 11) is 0. The minimum atomic E-state index is 0.210. The van der Waals surface area contributed by atoms with Gasteiger partial charge in [-0.2, -0.15) is 0 Å². The van der Waals surface area contributed by atoms with E-state index in [0.29, 0.717) is 5.02 Å². The lowest BCUT2D eigenvalue weighted by atomic mass is 10.1. The number of hydrogen-bond donors (Lipinski definition) is 1. The van der Waals surface area contributed by atoms with E-state index in [1.165, 1.54) is 6.42 Å². The molecule has 19 heavy (non-hydrogen) atoms. The molecule has 0 fully saturated rings. The van der Waals surface area contributed by atoms with Gasteiger partial charge in [0.25, 0.3) is 0 Å². The van der Waals surface area contributed by atoms with Gasteiger partial charge in [0.1, 0.15) is 5.75 Å². The highest BCUT2D eigenvalue weighted by molar-refractivity contribution is 9.10. The van der Waals surface area contributed by atoms with Crippen molar-refractivity contribution in [3.05, 3.63) is 27.7 Å². The van der Waals surface area contributed by atoms with Gasteiger partial charge in [0.2, 0.25) is 0 Å². The van der Waals surface area contributed by atoms with E-state index in [2.05, 4.69) is 42.0 Å². The molecule has 0 saturated heterocycles. The number of unbranched alkanes of at least 4 members (excludes halogenated alkanes) is 2. The fourth-order valence-corrected chi connectivity index (χ4v) is 2.37. The third kappa shape index (κ3) is 7.81. The van der Waals surface area contributed by atoms with Crippen molar-refractivity contribution in [2.45, 2.75) is 45.6 Å². The van der Waals surface area contributed by atoms with E-state index >= 15 is 0 Å². The quantitative estimate of drug-likeness (QED) is 0.697. The van der Waals surface area contributed by atoms with Crippen LogP contribution in [0.4, 0.5) is 0 Å². The zero-order valence-electron chi connectivity index (χ0n) is 11.9. The van der Waals surface area contributed by atoms with Gasteiger partial charge in [-0.1, -0.05) is 27.5 Å². The normalized spacial score (nSPS) is 11.6. The first-order chi connectivity index (χ1) is 8.88. The number of ether oxygens (including phenoxy) is 1. The van der Waals surface area contributed by atoms with Crippen molar-refractivity contribution in [2.24, 2.45) is 0 Å². The summed E-state index contributed by atoms with van der Waals surface area (Å²) in [6, 6.07) is 5.69. The fraction of sp³-hybridized carbons (Fsp3) is 0.600. The van der Waals surface area contributed by atoms with Gasteiger partial charge in [-0.25, -0.2) is 0 Å². The summed E-state index contributed by atoms with van der Waals surface area (Å²) in [6.45, 7) is 8.34. The third-order valence-electron chi connectivity index (χ3n) is 2.63. The number of benzene rings is 1. The van der Waals surface area contributed by atoms with E-state index in [9.17, 15) is 0 Å². The van der Waals surface area contributed by atoms with Crippen LogP contribution in [0.15, 0.2) is 22.7 Å². The number of rotatable bonds is 7. The predicted molar refractivity (Wildman–Crippen MR) is 86.3 cm³/mol. The highest BCUT2D eigenvalue weighted by Gasteiger charge is 2.07. The van der Waals surface area contributed by atoms with Crippen LogP contribution in [-0.2, 0) is 0 Å². The molecule has 1 rings (SSSR count). The molecule has 1 N–H and O–H groups in total. The molecule has 0 aliphatic rings. The molecule has 0 radical (unpaired) electrons. The Morgan fingerprint density at radius 3 is 2.58 bits per heavy atom. The molecule has 0 aromatic heterocycles. The van der Waals surface area contributed by atoms with Crippen LogP contribution in [0.2, 0.25) is 5.02 Å². The minimum absolute atomic E-state index is 0.210. The average molecular weight is 349 g/mol. The van der Waals surface area contributed by atoms with Crippen molar-refractivity contribution < 1.29 is 4.74 Å². The summed E-state index contributed by atoms with van der Waals surface area (Å²) in [5.74, 6) is 0.762. The van der Waals surface area contributed by atoms with Crippen molar-refractivity contribution in [2.75, 3.05) is 13.2 Å². The van der Waals surface area contributed by atoms with Gasteiger partial charge < -0.3 is 10.1 Å². The smallest absolute Gasteiger partial charge is 0.137 e. The van der Waals surface area contributed by atoms with Crippen LogP contribution in [0.1, 0.15) is 40.0 Å². The predicted octanol–water partition coefficient (Wildman–Crippen LogP) is 5.04. The first-order valence-electron chi connectivity index (χ1n) is 6.71. The second-order valence-electron chi connectivity index (χ2n) is 5.66. The Morgan fingerprint density at radius 1 is 1.21 bits per heavy atom. The lowest BCUT2D eigenvalue weighted by Gasteiger charge is -2.20. The Balaban J connectivity index is 2.11. The molecule has 1 aromatic rings. The summed E-state index contributed by atoms with van der Waals surface area (Å²) < 4.78 is 6.64. The number of halogens is 2. The van der Waals surface area contributed by atoms with Crippen molar-refractivity contribution in [1.29, 1.82) is 0 Å². The third-order valence-corrected chi connectivity index (χ3v) is 3.42. The molecule has 0 spiro atoms. The standard InChI is InChI=1S/C15H23BrClNO/c1-15(2,3)18-9-5-4-6-10-19-14-8-7-12(16)11-13(14)17/h7-8,11,18H,4-6,9-10H2,1-3H3. The Hall–Kier alpha value is -0.250. The van der Waals surface area contributed by atoms with Crippen LogP contribution in [-0.4, -0.2) is 18.7 Å². The zero-order chi connectivity index (χ0) is 14.3. The minimum Gasteiger partial charge on any atom is -0.492 e. The molecule has 2 nitrogen and oxygen atoms in total. The SMILES string of the molecule is CC(C)(C)NCCCCCOc1ccc(Br)cc1Cl. The van der Waals surface area contributed by atoms with Crippen molar-refractivity contribution in [3.8, 4) is 5.75 Å². The van der Waals surface area contributed by atoms with Crippen molar-refractivity contribution in [3.63, 3.8) is 0 Å². The van der Waals surface area contributed by atoms with Crippen LogP contribution in [0.25, 0.3) is 0 Å². The lowest BCUT2D eigenvalue weighted by Crippen LogP contribution is -2.36. The molecule has 0 heterocycles. The molecule has 0 atom stereocenters. The lowest BCUT2D eigenvalue weighted by molar-refractivity contribution is 0.303. The molecular formula is C15H23BrClNO. The van der Waals surface area contributed by atoms with Gasteiger partial charge in [0.05, 0.1) is 11.6 Å². The van der Waals surface area contributed by atoms with E-state index in [1.807, 2.05) is 18.2 Å². The highest BCUT2D eigenvalue weighted by Crippen LogP contribution is 2.27. The second kappa shape index (κ2) is 8.13. The molecule has 0 aliphatic heterocycles. The molecule has 108 valence electrons. The summed E-state index contributed by atoms with van der Waals surface area (Å²) in [4.78, 5) is 0. The Bertz CT molecular complexity index is 390.